The Balaban J connectivity index is 2.13. The molecule has 1 amide bonds. The van der Waals surface area contributed by atoms with Gasteiger partial charge in [-0.2, -0.15) is 18.3 Å². The van der Waals surface area contributed by atoms with Crippen molar-refractivity contribution in [2.24, 2.45) is 5.10 Å². The summed E-state index contributed by atoms with van der Waals surface area (Å²) in [5.74, 6) is -0.539. The van der Waals surface area contributed by atoms with Crippen LogP contribution in [0.3, 0.4) is 0 Å². The second-order valence-electron chi connectivity index (χ2n) is 5.86. The van der Waals surface area contributed by atoms with Crippen molar-refractivity contribution in [1.82, 2.24) is 5.43 Å². The maximum Gasteiger partial charge on any atom is 0.416 e. The monoisotopic (exact) mass is 429 g/mol. The first-order valence-electron chi connectivity index (χ1n) is 8.12. The van der Waals surface area contributed by atoms with Crippen LogP contribution >= 0.6 is 0 Å². The van der Waals surface area contributed by atoms with Gasteiger partial charge in [0, 0.05) is 0 Å². The van der Waals surface area contributed by atoms with E-state index in [0.717, 1.165) is 28.9 Å². The number of hydrogen-bond donors (Lipinski definition) is 1. The summed E-state index contributed by atoms with van der Waals surface area (Å²) >= 11 is 0. The molecule has 0 heterocycles. The topological polar surface area (TPSA) is 88.1 Å². The first-order valence-corrected chi connectivity index (χ1v) is 9.97. The number of nitrogens with one attached hydrogen (secondary N) is 1. The summed E-state index contributed by atoms with van der Waals surface area (Å²) < 4.78 is 68.3. The number of methoxy groups -OCH3 is 1. The van der Waals surface area contributed by atoms with Crippen molar-refractivity contribution in [3.8, 4) is 5.75 Å². The number of hydrogen-bond acceptors (Lipinski definition) is 5. The van der Waals surface area contributed by atoms with Crippen molar-refractivity contribution in [1.29, 1.82) is 0 Å². The highest BCUT2D eigenvalue weighted by Crippen LogP contribution is 2.30. The summed E-state index contributed by atoms with van der Waals surface area (Å²) in [6.45, 7) is -0.598. The highest BCUT2D eigenvalue weighted by Gasteiger charge is 2.30. The Labute approximate surface area is 165 Å². The van der Waals surface area contributed by atoms with Crippen molar-refractivity contribution < 1.29 is 31.1 Å². The predicted molar refractivity (Wildman–Crippen MR) is 102 cm³/mol. The van der Waals surface area contributed by atoms with Crippen LogP contribution in [0.4, 0.5) is 18.9 Å². The van der Waals surface area contributed by atoms with Crippen LogP contribution in [-0.2, 0) is 21.0 Å². The number of para-hydroxylation sites is 2. The van der Waals surface area contributed by atoms with E-state index >= 15 is 0 Å². The Morgan fingerprint density at radius 1 is 1.21 bits per heavy atom. The van der Waals surface area contributed by atoms with Crippen LogP contribution < -0.4 is 14.5 Å². The Hall–Kier alpha value is -3.08. The third-order valence-electron chi connectivity index (χ3n) is 3.66. The Morgan fingerprint density at radius 2 is 1.90 bits per heavy atom. The van der Waals surface area contributed by atoms with E-state index in [1.165, 1.54) is 31.4 Å². The minimum Gasteiger partial charge on any atom is -0.495 e. The summed E-state index contributed by atoms with van der Waals surface area (Å²) in [7, 11) is -2.47. The van der Waals surface area contributed by atoms with Gasteiger partial charge in [-0.3, -0.25) is 9.10 Å². The molecular formula is C18H18F3N3O4S. The number of nitrogens with zero attached hydrogens (tertiary/aromatic N) is 2. The van der Waals surface area contributed by atoms with E-state index in [4.69, 9.17) is 4.74 Å². The maximum absolute atomic E-state index is 12.7. The molecule has 0 aliphatic carbocycles. The van der Waals surface area contributed by atoms with Gasteiger partial charge in [0.15, 0.2) is 0 Å². The third-order valence-corrected chi connectivity index (χ3v) is 4.78. The second kappa shape index (κ2) is 8.95. The van der Waals surface area contributed by atoms with E-state index in [9.17, 15) is 26.4 Å². The van der Waals surface area contributed by atoms with Crippen molar-refractivity contribution in [2.45, 2.75) is 6.18 Å². The van der Waals surface area contributed by atoms with Crippen LogP contribution in [0.2, 0.25) is 0 Å². The largest absolute Gasteiger partial charge is 0.495 e. The standard InChI is InChI=1S/C18H18F3N3O4S/c1-28-16-9-4-3-8-15(16)24(29(2,26)27)12-17(25)23-22-11-13-6-5-7-14(10-13)18(19,20)21/h3-11H,12H2,1-2H3,(H,23,25)/b22-11+. The zero-order chi connectivity index (χ0) is 21.7. The molecule has 0 aliphatic rings. The predicted octanol–water partition coefficient (Wildman–Crippen LogP) is 2.63. The van der Waals surface area contributed by atoms with Crippen LogP contribution in [0.25, 0.3) is 0 Å². The van der Waals surface area contributed by atoms with Gasteiger partial charge in [0.05, 0.1) is 30.8 Å². The average molecular weight is 429 g/mol. The fourth-order valence-electron chi connectivity index (χ4n) is 2.36. The maximum atomic E-state index is 12.7. The number of rotatable bonds is 7. The Kier molecular flexibility index (Phi) is 6.85. The highest BCUT2D eigenvalue weighted by atomic mass is 32.2. The molecule has 0 bridgehead atoms. The van der Waals surface area contributed by atoms with E-state index in [-0.39, 0.29) is 17.0 Å². The minimum atomic E-state index is -4.50. The van der Waals surface area contributed by atoms with Gasteiger partial charge >= 0.3 is 6.18 Å². The lowest BCUT2D eigenvalue weighted by Gasteiger charge is -2.23. The Bertz CT molecular complexity index is 1010. The lowest BCUT2D eigenvalue weighted by molar-refractivity contribution is -0.137. The van der Waals surface area contributed by atoms with Crippen molar-refractivity contribution >= 4 is 27.8 Å². The van der Waals surface area contributed by atoms with Gasteiger partial charge in [0.1, 0.15) is 12.3 Å². The van der Waals surface area contributed by atoms with Gasteiger partial charge in [0.2, 0.25) is 10.0 Å². The van der Waals surface area contributed by atoms with Gasteiger partial charge in [-0.25, -0.2) is 13.8 Å². The number of sulfonamides is 1. The number of ether oxygens (including phenoxy) is 1. The van der Waals surface area contributed by atoms with Gasteiger partial charge < -0.3 is 4.74 Å². The van der Waals surface area contributed by atoms with E-state index in [1.54, 1.807) is 12.1 Å². The number of halogens is 3. The molecular weight excluding hydrogens is 411 g/mol. The average Bonchev–Trinajstić information content (AvgIpc) is 2.65. The number of hydrazone groups is 1. The number of carbonyl (C=O) groups is 1. The molecule has 0 fully saturated rings. The highest BCUT2D eigenvalue weighted by molar-refractivity contribution is 7.92. The number of alkyl halides is 3. The number of anilines is 1. The molecule has 2 aromatic carbocycles. The molecule has 0 radical (unpaired) electrons. The quantitative estimate of drug-likeness (QED) is 0.541. The van der Waals surface area contributed by atoms with Crippen LogP contribution in [0.15, 0.2) is 53.6 Å². The summed E-state index contributed by atoms with van der Waals surface area (Å²) in [5, 5.41) is 3.59. The molecule has 156 valence electrons. The SMILES string of the molecule is COc1ccccc1N(CC(=O)N/N=C/c1cccc(C(F)(F)F)c1)S(C)(=O)=O. The van der Waals surface area contributed by atoms with E-state index in [0.29, 0.717) is 0 Å². The smallest absolute Gasteiger partial charge is 0.416 e. The summed E-state index contributed by atoms with van der Waals surface area (Å²) in [6.07, 6.45) is -2.54. The van der Waals surface area contributed by atoms with Crippen LogP contribution in [0, 0.1) is 0 Å². The molecule has 11 heteroatoms. The van der Waals surface area contributed by atoms with Crippen LogP contribution in [-0.4, -0.2) is 40.4 Å². The molecule has 0 aliphatic heterocycles. The lowest BCUT2D eigenvalue weighted by Crippen LogP contribution is -2.39. The zero-order valence-corrected chi connectivity index (χ0v) is 16.3. The van der Waals surface area contributed by atoms with Gasteiger partial charge in [0.25, 0.3) is 5.91 Å². The number of amides is 1. The van der Waals surface area contributed by atoms with Crippen LogP contribution in [0.5, 0.6) is 5.75 Å². The van der Waals surface area contributed by atoms with Crippen molar-refractivity contribution in [3.63, 3.8) is 0 Å². The summed E-state index contributed by atoms with van der Waals surface area (Å²) in [6, 6.07) is 10.6. The molecule has 0 aromatic heterocycles. The first-order chi connectivity index (χ1) is 13.5. The number of carbonyl (C=O) groups excluding carboxylic acids is 1. The molecule has 0 unspecified atom stereocenters. The molecule has 0 atom stereocenters. The van der Waals surface area contributed by atoms with E-state index in [2.05, 4.69) is 10.5 Å². The summed E-state index contributed by atoms with van der Waals surface area (Å²) in [4.78, 5) is 12.1. The number of benzene rings is 2. The molecule has 0 spiro atoms. The third kappa shape index (κ3) is 6.21. The fraction of sp³-hybridized carbons (Fsp3) is 0.222. The molecule has 0 saturated carbocycles. The molecule has 29 heavy (non-hydrogen) atoms. The van der Waals surface area contributed by atoms with Crippen molar-refractivity contribution in [2.75, 3.05) is 24.2 Å². The fourth-order valence-corrected chi connectivity index (χ4v) is 3.22. The normalized spacial score (nSPS) is 12.0. The molecule has 7 nitrogen and oxygen atoms in total. The first kappa shape index (κ1) is 22.2. The second-order valence-corrected chi connectivity index (χ2v) is 7.76. The zero-order valence-electron chi connectivity index (χ0n) is 15.5. The minimum absolute atomic E-state index is 0.116. The van der Waals surface area contributed by atoms with Gasteiger partial charge in [-0.1, -0.05) is 24.3 Å². The molecule has 1 N–H and O–H groups in total. The summed E-state index contributed by atoms with van der Waals surface area (Å²) in [5.41, 5.74) is 1.52. The molecule has 2 rings (SSSR count). The van der Waals surface area contributed by atoms with E-state index in [1.807, 2.05) is 0 Å². The molecule has 0 saturated heterocycles. The molecule has 2 aromatic rings. The lowest BCUT2D eigenvalue weighted by atomic mass is 10.1. The van der Waals surface area contributed by atoms with Gasteiger partial charge in [-0.05, 0) is 29.8 Å². The van der Waals surface area contributed by atoms with Crippen molar-refractivity contribution in [3.05, 3.63) is 59.7 Å². The van der Waals surface area contributed by atoms with E-state index < -0.39 is 34.2 Å². The Morgan fingerprint density at radius 3 is 2.52 bits per heavy atom. The van der Waals surface area contributed by atoms with Crippen LogP contribution in [0.1, 0.15) is 11.1 Å². The van der Waals surface area contributed by atoms with Gasteiger partial charge in [-0.15, -0.1) is 0 Å².